The van der Waals surface area contributed by atoms with Gasteiger partial charge in [-0.15, -0.1) is 0 Å². The Balaban J connectivity index is 1.85. The summed E-state index contributed by atoms with van der Waals surface area (Å²) in [6.07, 6.45) is 2.17. The first-order valence-electron chi connectivity index (χ1n) is 8.87. The van der Waals surface area contributed by atoms with E-state index in [-0.39, 0.29) is 23.9 Å². The zero-order valence-corrected chi connectivity index (χ0v) is 17.3. The van der Waals surface area contributed by atoms with Crippen LogP contribution in [0.3, 0.4) is 0 Å². The van der Waals surface area contributed by atoms with Crippen LogP contribution in [0.2, 0.25) is 0 Å². The van der Waals surface area contributed by atoms with Crippen LogP contribution in [-0.2, 0) is 6.42 Å². The summed E-state index contributed by atoms with van der Waals surface area (Å²) in [5, 5.41) is 2.87. The summed E-state index contributed by atoms with van der Waals surface area (Å²) < 4.78 is 15.3. The highest BCUT2D eigenvalue weighted by Gasteiger charge is 2.23. The molecule has 0 saturated heterocycles. The van der Waals surface area contributed by atoms with Gasteiger partial charge in [0.1, 0.15) is 5.82 Å². The van der Waals surface area contributed by atoms with Crippen molar-refractivity contribution in [2.75, 3.05) is 5.32 Å². The number of amides is 2. The molecule has 27 heavy (non-hydrogen) atoms. The van der Waals surface area contributed by atoms with Crippen molar-refractivity contribution in [2.24, 2.45) is 4.99 Å². The molecule has 2 heterocycles. The van der Waals surface area contributed by atoms with Crippen molar-refractivity contribution in [3.8, 4) is 0 Å². The average Bonchev–Trinajstić information content (AvgIpc) is 2.98. The van der Waals surface area contributed by atoms with E-state index in [2.05, 4.69) is 31.2 Å². The molecule has 1 aliphatic rings. The molecule has 7 heteroatoms. The Labute approximate surface area is 166 Å². The van der Waals surface area contributed by atoms with E-state index in [1.54, 1.807) is 23.2 Å². The van der Waals surface area contributed by atoms with Gasteiger partial charge in [-0.2, -0.15) is 0 Å². The zero-order chi connectivity index (χ0) is 19.7. The molecule has 0 spiro atoms. The topological polar surface area (TPSA) is 57.6 Å². The van der Waals surface area contributed by atoms with Crippen LogP contribution in [0.25, 0.3) is 0 Å². The Morgan fingerprint density at radius 2 is 1.93 bits per heavy atom. The van der Waals surface area contributed by atoms with E-state index in [1.165, 1.54) is 6.07 Å². The van der Waals surface area contributed by atoms with Crippen molar-refractivity contribution < 1.29 is 9.18 Å². The Morgan fingerprint density at radius 3 is 2.59 bits per heavy atom. The van der Waals surface area contributed by atoms with Gasteiger partial charge in [0.15, 0.2) is 5.82 Å². The maximum atomic E-state index is 14.4. The van der Waals surface area contributed by atoms with Crippen LogP contribution >= 0.6 is 15.9 Å². The molecule has 1 aliphatic heterocycles. The van der Waals surface area contributed by atoms with Gasteiger partial charge in [0, 0.05) is 46.0 Å². The van der Waals surface area contributed by atoms with Crippen LogP contribution in [0.15, 0.2) is 39.9 Å². The number of aromatic nitrogens is 1. The summed E-state index contributed by atoms with van der Waals surface area (Å²) in [6, 6.07) is 6.39. The quantitative estimate of drug-likeness (QED) is 0.711. The summed E-state index contributed by atoms with van der Waals surface area (Å²) in [6.45, 7) is 7.85. The van der Waals surface area contributed by atoms with Gasteiger partial charge >= 0.3 is 6.03 Å². The number of carbonyl (C=O) groups excluding carboxylic acids is 1. The Bertz CT molecular complexity index is 903. The number of hydrogen-bond donors (Lipinski definition) is 1. The first-order valence-corrected chi connectivity index (χ1v) is 9.66. The molecule has 3 rings (SSSR count). The van der Waals surface area contributed by atoms with Crippen LogP contribution in [0.1, 0.15) is 38.8 Å². The number of urea groups is 1. The molecule has 2 amide bonds. The molecule has 1 aromatic carbocycles. The van der Waals surface area contributed by atoms with Crippen LogP contribution in [0.4, 0.5) is 20.7 Å². The summed E-state index contributed by atoms with van der Waals surface area (Å²) in [5.41, 5.74) is 2.46. The predicted molar refractivity (Wildman–Crippen MR) is 109 cm³/mol. The monoisotopic (exact) mass is 432 g/mol. The summed E-state index contributed by atoms with van der Waals surface area (Å²) >= 11 is 3.39. The fourth-order valence-corrected chi connectivity index (χ4v) is 3.66. The lowest BCUT2D eigenvalue weighted by Crippen LogP contribution is -2.44. The zero-order valence-electron chi connectivity index (χ0n) is 15.8. The Hall–Kier alpha value is -2.28. The van der Waals surface area contributed by atoms with Crippen LogP contribution in [0, 0.1) is 5.82 Å². The standard InChI is InChI=1S/C20H22BrFN4O/c1-11(2)26(12(3)4)20(27)24-15-5-6-17(22)16(9-15)18-8-13-7-14(21)10-23-19(13)25-18/h5-7,9-12H,8H2,1-4H3,(H,24,27). The highest BCUT2D eigenvalue weighted by molar-refractivity contribution is 9.10. The van der Waals surface area contributed by atoms with Crippen molar-refractivity contribution in [3.05, 3.63) is 51.9 Å². The van der Waals surface area contributed by atoms with Crippen LogP contribution in [-0.4, -0.2) is 33.7 Å². The molecule has 1 aromatic heterocycles. The van der Waals surface area contributed by atoms with E-state index in [0.29, 0.717) is 29.2 Å². The minimum absolute atomic E-state index is 0.0585. The van der Waals surface area contributed by atoms with Crippen molar-refractivity contribution >= 4 is 39.2 Å². The SMILES string of the molecule is CC(C)N(C(=O)Nc1ccc(F)c(C2=Nc3ncc(Br)cc3C2)c1)C(C)C. The second-order valence-electron chi connectivity index (χ2n) is 7.09. The summed E-state index contributed by atoms with van der Waals surface area (Å²) in [7, 11) is 0. The molecule has 0 fully saturated rings. The van der Waals surface area contributed by atoms with Crippen molar-refractivity contribution in [2.45, 2.75) is 46.2 Å². The summed E-state index contributed by atoms with van der Waals surface area (Å²) in [5.74, 6) is 0.232. The highest BCUT2D eigenvalue weighted by Crippen LogP contribution is 2.30. The molecular formula is C20H22BrFN4O. The maximum absolute atomic E-state index is 14.4. The van der Waals surface area contributed by atoms with Crippen LogP contribution < -0.4 is 5.32 Å². The van der Waals surface area contributed by atoms with Gasteiger partial charge < -0.3 is 10.2 Å². The summed E-state index contributed by atoms with van der Waals surface area (Å²) in [4.78, 5) is 23.1. The number of fused-ring (bicyclic) bond motifs is 1. The van der Waals surface area contributed by atoms with Gasteiger partial charge in [0.2, 0.25) is 0 Å². The van der Waals surface area contributed by atoms with Gasteiger partial charge in [0.05, 0.1) is 5.71 Å². The van der Waals surface area contributed by atoms with Gasteiger partial charge in [-0.25, -0.2) is 19.2 Å². The predicted octanol–water partition coefficient (Wildman–Crippen LogP) is 5.31. The number of nitrogens with one attached hydrogen (secondary N) is 1. The van der Waals surface area contributed by atoms with Gasteiger partial charge in [-0.3, -0.25) is 0 Å². The number of aliphatic imine (C=N–C) groups is 1. The molecule has 0 bridgehead atoms. The molecule has 0 unspecified atom stereocenters. The number of rotatable bonds is 4. The number of anilines is 1. The number of benzene rings is 1. The second kappa shape index (κ2) is 7.76. The van der Waals surface area contributed by atoms with Gasteiger partial charge in [-0.1, -0.05) is 0 Å². The van der Waals surface area contributed by atoms with Gasteiger partial charge in [-0.05, 0) is 67.9 Å². The average molecular weight is 433 g/mol. The second-order valence-corrected chi connectivity index (χ2v) is 8.01. The molecule has 142 valence electrons. The molecule has 0 aliphatic carbocycles. The normalized spacial score (nSPS) is 13.0. The highest BCUT2D eigenvalue weighted by atomic mass is 79.9. The molecule has 0 saturated carbocycles. The first-order chi connectivity index (χ1) is 12.8. The van der Waals surface area contributed by atoms with E-state index >= 15 is 0 Å². The van der Waals surface area contributed by atoms with E-state index in [0.717, 1.165) is 10.0 Å². The van der Waals surface area contributed by atoms with E-state index < -0.39 is 0 Å². The number of carbonyl (C=O) groups is 1. The number of nitrogens with zero attached hydrogens (tertiary/aromatic N) is 3. The molecule has 2 aromatic rings. The molecule has 0 radical (unpaired) electrons. The van der Waals surface area contributed by atoms with E-state index in [9.17, 15) is 9.18 Å². The Kier molecular flexibility index (Phi) is 5.60. The molecule has 0 atom stereocenters. The van der Waals surface area contributed by atoms with Crippen molar-refractivity contribution in [3.63, 3.8) is 0 Å². The van der Waals surface area contributed by atoms with E-state index in [4.69, 9.17) is 0 Å². The maximum Gasteiger partial charge on any atom is 0.322 e. The number of hydrogen-bond acceptors (Lipinski definition) is 3. The van der Waals surface area contributed by atoms with Crippen molar-refractivity contribution in [1.29, 1.82) is 0 Å². The smallest absolute Gasteiger partial charge is 0.320 e. The Morgan fingerprint density at radius 1 is 1.22 bits per heavy atom. The van der Waals surface area contributed by atoms with Crippen molar-refractivity contribution in [1.82, 2.24) is 9.88 Å². The van der Waals surface area contributed by atoms with Crippen LogP contribution in [0.5, 0.6) is 0 Å². The molecule has 5 nitrogen and oxygen atoms in total. The third kappa shape index (κ3) is 4.18. The first kappa shape index (κ1) is 19.5. The lowest BCUT2D eigenvalue weighted by Gasteiger charge is -2.30. The largest absolute Gasteiger partial charge is 0.322 e. The minimum atomic E-state index is -0.372. The molecular weight excluding hydrogens is 411 g/mol. The third-order valence-electron chi connectivity index (χ3n) is 4.38. The lowest BCUT2D eigenvalue weighted by molar-refractivity contribution is 0.178. The lowest BCUT2D eigenvalue weighted by atomic mass is 10.0. The number of halogens is 2. The number of pyridine rings is 1. The fourth-order valence-electron chi connectivity index (χ4n) is 3.29. The van der Waals surface area contributed by atoms with E-state index in [1.807, 2.05) is 33.8 Å². The van der Waals surface area contributed by atoms with Gasteiger partial charge in [0.25, 0.3) is 0 Å². The fraction of sp³-hybridized carbons (Fsp3) is 0.350. The third-order valence-corrected chi connectivity index (χ3v) is 4.82. The molecule has 1 N–H and O–H groups in total. The minimum Gasteiger partial charge on any atom is -0.320 e.